The molecule has 114 valence electrons. The van der Waals surface area contributed by atoms with Crippen LogP contribution >= 0.6 is 27.5 Å². The van der Waals surface area contributed by atoms with Gasteiger partial charge in [0.25, 0.3) is 0 Å². The Morgan fingerprint density at radius 3 is 2.67 bits per heavy atom. The number of aryl methyl sites for hydroxylation is 1. The van der Waals surface area contributed by atoms with Gasteiger partial charge in [-0.05, 0) is 47.3 Å². The van der Waals surface area contributed by atoms with Gasteiger partial charge in [0, 0.05) is 6.42 Å². The van der Waals surface area contributed by atoms with E-state index in [-0.39, 0.29) is 0 Å². The Balaban J connectivity index is 0.000000774. The van der Waals surface area contributed by atoms with E-state index in [0.717, 1.165) is 5.56 Å². The zero-order valence-electron chi connectivity index (χ0n) is 12.2. The number of aliphatic carboxylic acids is 1. The molecule has 2 heterocycles. The molecule has 0 bridgehead atoms. The summed E-state index contributed by atoms with van der Waals surface area (Å²) in [5.41, 5.74) is 1.55. The van der Waals surface area contributed by atoms with Crippen LogP contribution in [0.25, 0.3) is 11.1 Å². The normalized spacial score (nSPS) is 15.5. The van der Waals surface area contributed by atoms with Crippen LogP contribution in [0.2, 0.25) is 5.15 Å². The van der Waals surface area contributed by atoms with Crippen molar-refractivity contribution < 1.29 is 14.3 Å². The van der Waals surface area contributed by atoms with Gasteiger partial charge in [0.15, 0.2) is 5.58 Å². The standard InChI is InChI=1S/C13H11BrClNO3.C2H6/c1-6-4-8(15)16-10-9(14)7(19-11(6)10)5-13(2-3-13)12(17)18;1-2/h4H,2-3,5H2,1H3,(H,17,18);1-2H3. The first-order valence-corrected chi connectivity index (χ1v) is 8.07. The molecule has 2 aromatic heterocycles. The van der Waals surface area contributed by atoms with Crippen molar-refractivity contribution in [2.75, 3.05) is 0 Å². The molecule has 1 aliphatic rings. The molecule has 0 amide bonds. The molecule has 1 aliphatic carbocycles. The smallest absolute Gasteiger partial charge is 0.310 e. The molecule has 0 spiro atoms. The second-order valence-electron chi connectivity index (χ2n) is 5.04. The van der Waals surface area contributed by atoms with Crippen LogP contribution in [0.4, 0.5) is 0 Å². The summed E-state index contributed by atoms with van der Waals surface area (Å²) >= 11 is 9.38. The van der Waals surface area contributed by atoms with Gasteiger partial charge in [-0.3, -0.25) is 4.79 Å². The van der Waals surface area contributed by atoms with Crippen molar-refractivity contribution in [3.05, 3.63) is 27.0 Å². The van der Waals surface area contributed by atoms with Gasteiger partial charge in [0.1, 0.15) is 16.4 Å². The molecule has 3 rings (SSSR count). The van der Waals surface area contributed by atoms with Gasteiger partial charge in [0.2, 0.25) is 0 Å². The summed E-state index contributed by atoms with van der Waals surface area (Å²) < 4.78 is 6.49. The van der Waals surface area contributed by atoms with Gasteiger partial charge in [-0.2, -0.15) is 0 Å². The van der Waals surface area contributed by atoms with E-state index in [1.165, 1.54) is 0 Å². The van der Waals surface area contributed by atoms with Crippen molar-refractivity contribution in [2.45, 2.75) is 40.0 Å². The van der Waals surface area contributed by atoms with Crippen LogP contribution in [0.1, 0.15) is 38.0 Å². The highest BCUT2D eigenvalue weighted by Crippen LogP contribution is 2.50. The van der Waals surface area contributed by atoms with Crippen molar-refractivity contribution >= 4 is 44.6 Å². The molecule has 6 heteroatoms. The molecule has 0 aliphatic heterocycles. The fraction of sp³-hybridized carbons (Fsp3) is 0.467. The fourth-order valence-electron chi connectivity index (χ4n) is 2.24. The van der Waals surface area contributed by atoms with E-state index in [0.29, 0.717) is 45.7 Å². The van der Waals surface area contributed by atoms with Gasteiger partial charge in [0.05, 0.1) is 9.89 Å². The molecule has 0 atom stereocenters. The monoisotopic (exact) mass is 373 g/mol. The number of rotatable bonds is 3. The number of pyridine rings is 1. The first kappa shape index (κ1) is 16.3. The summed E-state index contributed by atoms with van der Waals surface area (Å²) in [5.74, 6) is -0.129. The molecule has 1 fully saturated rings. The second kappa shape index (κ2) is 5.97. The maximum Gasteiger partial charge on any atom is 0.310 e. The summed E-state index contributed by atoms with van der Waals surface area (Å²) in [5, 5.41) is 9.64. The maximum absolute atomic E-state index is 11.2. The largest absolute Gasteiger partial charge is 0.481 e. The number of carboxylic acid groups (broad SMARTS) is 1. The summed E-state index contributed by atoms with van der Waals surface area (Å²) in [6.07, 6.45) is 1.77. The lowest BCUT2D eigenvalue weighted by Crippen LogP contribution is -2.17. The van der Waals surface area contributed by atoms with Crippen molar-refractivity contribution in [3.63, 3.8) is 0 Å². The Labute approximate surface area is 136 Å². The number of nitrogens with zero attached hydrogens (tertiary/aromatic N) is 1. The highest BCUT2D eigenvalue weighted by atomic mass is 79.9. The van der Waals surface area contributed by atoms with Crippen LogP contribution in [-0.4, -0.2) is 16.1 Å². The predicted molar refractivity (Wildman–Crippen MR) is 85.8 cm³/mol. The lowest BCUT2D eigenvalue weighted by Gasteiger charge is -2.06. The topological polar surface area (TPSA) is 63.3 Å². The summed E-state index contributed by atoms with van der Waals surface area (Å²) in [6.45, 7) is 5.89. The predicted octanol–water partition coefficient (Wildman–Crippen LogP) is 4.99. The molecule has 0 unspecified atom stereocenters. The number of fused-ring (bicyclic) bond motifs is 1. The van der Waals surface area contributed by atoms with E-state index in [4.69, 9.17) is 16.0 Å². The molecular weight excluding hydrogens is 358 g/mol. The van der Waals surface area contributed by atoms with Crippen LogP contribution in [-0.2, 0) is 11.2 Å². The highest BCUT2D eigenvalue weighted by molar-refractivity contribution is 9.10. The van der Waals surface area contributed by atoms with Crippen LogP contribution in [0.3, 0.4) is 0 Å². The van der Waals surface area contributed by atoms with E-state index in [1.54, 1.807) is 6.07 Å². The number of halogens is 2. The average molecular weight is 375 g/mol. The first-order chi connectivity index (χ1) is 9.93. The minimum atomic E-state index is -0.762. The number of aromatic nitrogens is 1. The van der Waals surface area contributed by atoms with Crippen molar-refractivity contribution in [2.24, 2.45) is 5.41 Å². The Morgan fingerprint density at radius 2 is 2.14 bits per heavy atom. The number of hydrogen-bond donors (Lipinski definition) is 1. The Bertz CT molecular complexity index is 692. The van der Waals surface area contributed by atoms with Crippen LogP contribution in [0.5, 0.6) is 0 Å². The summed E-state index contributed by atoms with van der Waals surface area (Å²) in [4.78, 5) is 15.5. The molecule has 0 aromatic carbocycles. The number of furan rings is 1. The molecule has 2 aromatic rings. The van der Waals surface area contributed by atoms with Gasteiger partial charge in [-0.15, -0.1) is 0 Å². The molecule has 1 saturated carbocycles. The van der Waals surface area contributed by atoms with Gasteiger partial charge >= 0.3 is 5.97 Å². The molecule has 0 saturated heterocycles. The molecule has 0 radical (unpaired) electrons. The molecular formula is C15H17BrClNO3. The Hall–Kier alpha value is -1.07. The third-order valence-electron chi connectivity index (χ3n) is 3.61. The van der Waals surface area contributed by atoms with Crippen molar-refractivity contribution in [1.29, 1.82) is 0 Å². The molecule has 21 heavy (non-hydrogen) atoms. The van der Waals surface area contributed by atoms with Crippen LogP contribution < -0.4 is 0 Å². The lowest BCUT2D eigenvalue weighted by atomic mass is 10.0. The van der Waals surface area contributed by atoms with Gasteiger partial charge < -0.3 is 9.52 Å². The zero-order chi connectivity index (χ0) is 15.8. The second-order valence-corrected chi connectivity index (χ2v) is 6.22. The third kappa shape index (κ3) is 2.94. The number of hydrogen-bond acceptors (Lipinski definition) is 3. The lowest BCUT2D eigenvalue weighted by molar-refractivity contribution is -0.143. The highest BCUT2D eigenvalue weighted by Gasteiger charge is 2.51. The quantitative estimate of drug-likeness (QED) is 0.769. The van der Waals surface area contributed by atoms with Crippen molar-refractivity contribution in [3.8, 4) is 0 Å². The van der Waals surface area contributed by atoms with Crippen LogP contribution in [0.15, 0.2) is 15.0 Å². The Kier molecular flexibility index (Phi) is 4.63. The molecule has 4 nitrogen and oxygen atoms in total. The average Bonchev–Trinajstić information content (AvgIpc) is 3.16. The Morgan fingerprint density at radius 1 is 1.52 bits per heavy atom. The van der Waals surface area contributed by atoms with Crippen LogP contribution in [0, 0.1) is 12.3 Å². The fourth-order valence-corrected chi connectivity index (χ4v) is 2.97. The van der Waals surface area contributed by atoms with E-state index in [9.17, 15) is 9.90 Å². The maximum atomic E-state index is 11.2. The van der Waals surface area contributed by atoms with Gasteiger partial charge in [-0.25, -0.2) is 4.98 Å². The first-order valence-electron chi connectivity index (χ1n) is 6.90. The summed E-state index contributed by atoms with van der Waals surface area (Å²) in [6, 6.07) is 1.73. The molecule has 1 N–H and O–H groups in total. The number of carboxylic acids is 1. The summed E-state index contributed by atoms with van der Waals surface area (Å²) in [7, 11) is 0. The number of carbonyl (C=O) groups is 1. The van der Waals surface area contributed by atoms with E-state index in [2.05, 4.69) is 20.9 Å². The SMILES string of the molecule is CC.Cc1cc(Cl)nc2c(Br)c(CC3(C(=O)O)CC3)oc12. The van der Waals surface area contributed by atoms with Crippen molar-refractivity contribution in [1.82, 2.24) is 4.98 Å². The van der Waals surface area contributed by atoms with Gasteiger partial charge in [-0.1, -0.05) is 25.4 Å². The van der Waals surface area contributed by atoms with E-state index < -0.39 is 11.4 Å². The third-order valence-corrected chi connectivity index (χ3v) is 4.62. The van der Waals surface area contributed by atoms with E-state index >= 15 is 0 Å². The zero-order valence-corrected chi connectivity index (χ0v) is 14.5. The van der Waals surface area contributed by atoms with E-state index in [1.807, 2.05) is 20.8 Å². The minimum absolute atomic E-state index is 0.385. The minimum Gasteiger partial charge on any atom is -0.481 e.